The van der Waals surface area contributed by atoms with E-state index in [0.717, 1.165) is 40.3 Å². The Hall–Kier alpha value is -2.63. The maximum Gasteiger partial charge on any atom is 0.250 e. The number of nitrogens with zero attached hydrogens (tertiary/aromatic N) is 1. The van der Waals surface area contributed by atoms with Crippen molar-refractivity contribution in [3.05, 3.63) is 70.1 Å². The molecular weight excluding hydrogens is 404 g/mol. The summed E-state index contributed by atoms with van der Waals surface area (Å²) >= 11 is 7.51. The predicted octanol–water partition coefficient (Wildman–Crippen LogP) is 6.60. The number of unbranched alkanes of at least 4 members (excludes halogenated alkanes) is 1. The lowest BCUT2D eigenvalue weighted by Crippen LogP contribution is -2.07. The average molecular weight is 427 g/mol. The molecule has 3 rings (SSSR count). The zero-order chi connectivity index (χ0) is 20.6. The highest BCUT2D eigenvalue weighted by Crippen LogP contribution is 2.31. The van der Waals surface area contributed by atoms with Crippen LogP contribution in [0.5, 0.6) is 5.75 Å². The molecule has 3 aromatic rings. The Kier molecular flexibility index (Phi) is 7.44. The number of para-hydroxylation sites is 1. The van der Waals surface area contributed by atoms with Crippen molar-refractivity contribution >= 4 is 40.1 Å². The van der Waals surface area contributed by atoms with Gasteiger partial charge in [-0.1, -0.05) is 55.3 Å². The smallest absolute Gasteiger partial charge is 0.250 e. The first kappa shape index (κ1) is 21.1. The monoisotopic (exact) mass is 426 g/mol. The molecule has 0 saturated carbocycles. The molecule has 29 heavy (non-hydrogen) atoms. The molecule has 2 aromatic carbocycles. The van der Waals surface area contributed by atoms with E-state index in [1.54, 1.807) is 6.08 Å². The minimum absolute atomic E-state index is 0.236. The largest absolute Gasteiger partial charge is 0.493 e. The van der Waals surface area contributed by atoms with Gasteiger partial charge in [0.05, 0.1) is 12.3 Å². The molecule has 1 aromatic heterocycles. The lowest BCUT2D eigenvalue weighted by molar-refractivity contribution is -0.111. The molecule has 150 valence electrons. The van der Waals surface area contributed by atoms with Gasteiger partial charge in [-0.15, -0.1) is 11.3 Å². The zero-order valence-corrected chi connectivity index (χ0v) is 18.0. The molecule has 1 heterocycles. The highest BCUT2D eigenvalue weighted by Gasteiger charge is 2.11. The van der Waals surface area contributed by atoms with Gasteiger partial charge in [0.15, 0.2) is 5.13 Å². The molecule has 1 amide bonds. The fourth-order valence-electron chi connectivity index (χ4n) is 2.74. The lowest BCUT2D eigenvalue weighted by atomic mass is 10.1. The van der Waals surface area contributed by atoms with Crippen LogP contribution in [0.25, 0.3) is 17.3 Å². The average Bonchev–Trinajstić information content (AvgIpc) is 3.07. The van der Waals surface area contributed by atoms with Crippen LogP contribution >= 0.6 is 22.9 Å². The Bertz CT molecular complexity index is 1010. The molecule has 0 aliphatic heterocycles. The molecule has 0 radical (unpaired) electrons. The van der Waals surface area contributed by atoms with Crippen molar-refractivity contribution in [1.82, 2.24) is 4.98 Å². The van der Waals surface area contributed by atoms with E-state index in [-0.39, 0.29) is 5.91 Å². The van der Waals surface area contributed by atoms with Crippen LogP contribution in [-0.4, -0.2) is 17.5 Å². The third kappa shape index (κ3) is 5.92. The number of ether oxygens (including phenoxy) is 1. The molecule has 4 nitrogen and oxygen atoms in total. The maximum absolute atomic E-state index is 12.4. The fraction of sp³-hybridized carbons (Fsp3) is 0.217. The third-order valence-electron chi connectivity index (χ3n) is 4.21. The molecular formula is C23H23ClN2O2S. The normalized spacial score (nSPS) is 11.0. The Morgan fingerprint density at radius 3 is 2.86 bits per heavy atom. The Morgan fingerprint density at radius 2 is 2.07 bits per heavy atom. The van der Waals surface area contributed by atoms with Crippen LogP contribution < -0.4 is 10.1 Å². The number of aryl methyl sites for hydroxylation is 1. The number of carbonyl (C=O) groups excluding carboxylic acids is 1. The topological polar surface area (TPSA) is 51.2 Å². The second kappa shape index (κ2) is 10.2. The lowest BCUT2D eigenvalue weighted by Gasteiger charge is -2.08. The molecule has 6 heteroatoms. The van der Waals surface area contributed by atoms with E-state index < -0.39 is 0 Å². The molecule has 0 atom stereocenters. The van der Waals surface area contributed by atoms with Gasteiger partial charge >= 0.3 is 0 Å². The van der Waals surface area contributed by atoms with Gasteiger partial charge in [0.1, 0.15) is 5.75 Å². The second-order valence-corrected chi connectivity index (χ2v) is 8.14. The van der Waals surface area contributed by atoms with E-state index in [1.165, 1.54) is 17.4 Å². The first-order chi connectivity index (χ1) is 14.1. The maximum atomic E-state index is 12.4. The Morgan fingerprint density at radius 1 is 1.24 bits per heavy atom. The summed E-state index contributed by atoms with van der Waals surface area (Å²) in [5.41, 5.74) is 2.63. The van der Waals surface area contributed by atoms with E-state index >= 15 is 0 Å². The highest BCUT2D eigenvalue weighted by atomic mass is 35.5. The highest BCUT2D eigenvalue weighted by molar-refractivity contribution is 7.16. The number of thiazole rings is 1. The summed E-state index contributed by atoms with van der Waals surface area (Å²) in [4.78, 5) is 17.9. The molecule has 1 N–H and O–H groups in total. The first-order valence-corrected chi connectivity index (χ1v) is 10.7. The van der Waals surface area contributed by atoms with Crippen molar-refractivity contribution in [2.45, 2.75) is 26.7 Å². The fourth-order valence-corrected chi connectivity index (χ4v) is 3.77. The zero-order valence-electron chi connectivity index (χ0n) is 16.4. The van der Waals surface area contributed by atoms with Crippen molar-refractivity contribution < 1.29 is 9.53 Å². The van der Waals surface area contributed by atoms with Crippen molar-refractivity contribution in [2.24, 2.45) is 0 Å². The van der Waals surface area contributed by atoms with E-state index in [0.29, 0.717) is 16.8 Å². The quantitative estimate of drug-likeness (QED) is 0.326. The molecule has 0 fully saturated rings. The van der Waals surface area contributed by atoms with Gasteiger partial charge < -0.3 is 4.74 Å². The number of benzene rings is 2. The summed E-state index contributed by atoms with van der Waals surface area (Å²) in [5, 5.41) is 4.05. The Labute approximate surface area is 180 Å². The summed E-state index contributed by atoms with van der Waals surface area (Å²) < 4.78 is 5.80. The minimum Gasteiger partial charge on any atom is -0.493 e. The van der Waals surface area contributed by atoms with E-state index in [2.05, 4.69) is 17.2 Å². The summed E-state index contributed by atoms with van der Waals surface area (Å²) in [6, 6.07) is 15.2. The second-order valence-electron chi connectivity index (χ2n) is 6.50. The van der Waals surface area contributed by atoms with Crippen molar-refractivity contribution in [3.8, 4) is 17.0 Å². The summed E-state index contributed by atoms with van der Waals surface area (Å²) in [6.07, 6.45) is 5.33. The van der Waals surface area contributed by atoms with Crippen LogP contribution in [0, 0.1) is 6.92 Å². The number of amides is 1. The van der Waals surface area contributed by atoms with Gasteiger partial charge in [-0.3, -0.25) is 10.1 Å². The SMILES string of the molecule is CCCCOc1ccccc1C=CC(=O)Nc1nc(-c2cccc(Cl)c2)c(C)s1. The number of anilines is 1. The number of nitrogens with one attached hydrogen (secondary N) is 1. The summed E-state index contributed by atoms with van der Waals surface area (Å²) in [5.74, 6) is 0.540. The first-order valence-electron chi connectivity index (χ1n) is 9.51. The van der Waals surface area contributed by atoms with E-state index in [4.69, 9.17) is 16.3 Å². The van der Waals surface area contributed by atoms with Gasteiger partial charge in [-0.05, 0) is 37.6 Å². The Balaban J connectivity index is 1.68. The van der Waals surface area contributed by atoms with Gasteiger partial charge in [-0.25, -0.2) is 4.98 Å². The van der Waals surface area contributed by atoms with Crippen LogP contribution in [0.2, 0.25) is 5.02 Å². The van der Waals surface area contributed by atoms with Gasteiger partial charge in [0, 0.05) is 27.1 Å². The standard InChI is InChI=1S/C23H23ClN2O2S/c1-3-4-14-28-20-11-6-5-8-17(20)12-13-21(27)25-23-26-22(16(2)29-23)18-9-7-10-19(24)15-18/h5-13,15H,3-4,14H2,1-2H3,(H,25,26,27). The van der Waals surface area contributed by atoms with Crippen LogP contribution in [-0.2, 0) is 4.79 Å². The van der Waals surface area contributed by atoms with Gasteiger partial charge in [0.2, 0.25) is 5.91 Å². The predicted molar refractivity (Wildman–Crippen MR) is 122 cm³/mol. The summed E-state index contributed by atoms with van der Waals surface area (Å²) in [6.45, 7) is 4.76. The molecule has 0 aliphatic rings. The van der Waals surface area contributed by atoms with Crippen molar-refractivity contribution in [3.63, 3.8) is 0 Å². The molecule has 0 aliphatic carbocycles. The van der Waals surface area contributed by atoms with Crippen LogP contribution in [0.15, 0.2) is 54.6 Å². The van der Waals surface area contributed by atoms with E-state index in [1.807, 2.05) is 55.5 Å². The van der Waals surface area contributed by atoms with Gasteiger partial charge in [0.25, 0.3) is 0 Å². The number of hydrogen-bond acceptors (Lipinski definition) is 4. The third-order valence-corrected chi connectivity index (χ3v) is 5.33. The number of hydrogen-bond donors (Lipinski definition) is 1. The van der Waals surface area contributed by atoms with Crippen molar-refractivity contribution in [2.75, 3.05) is 11.9 Å². The molecule has 0 spiro atoms. The van der Waals surface area contributed by atoms with Gasteiger partial charge in [-0.2, -0.15) is 0 Å². The van der Waals surface area contributed by atoms with Crippen molar-refractivity contribution in [1.29, 1.82) is 0 Å². The van der Waals surface area contributed by atoms with E-state index in [9.17, 15) is 4.79 Å². The molecule has 0 unspecified atom stereocenters. The van der Waals surface area contributed by atoms with Crippen LogP contribution in [0.1, 0.15) is 30.2 Å². The van der Waals surface area contributed by atoms with Crippen LogP contribution in [0.4, 0.5) is 5.13 Å². The number of rotatable bonds is 8. The number of halogens is 1. The number of aromatic nitrogens is 1. The molecule has 0 bridgehead atoms. The number of carbonyl (C=O) groups is 1. The summed E-state index contributed by atoms with van der Waals surface area (Å²) in [7, 11) is 0. The van der Waals surface area contributed by atoms with Crippen LogP contribution in [0.3, 0.4) is 0 Å². The minimum atomic E-state index is -0.236. The molecule has 0 saturated heterocycles.